The Hall–Kier alpha value is -0.570. The highest BCUT2D eigenvalue weighted by atomic mass is 79.9. The number of piperazine rings is 1. The van der Waals surface area contributed by atoms with E-state index in [0.717, 1.165) is 29.7 Å². The molecule has 3 rings (SSSR count). The van der Waals surface area contributed by atoms with Gasteiger partial charge >= 0.3 is 0 Å². The Morgan fingerprint density at radius 3 is 2.44 bits per heavy atom. The third-order valence-corrected chi connectivity index (χ3v) is 8.08. The van der Waals surface area contributed by atoms with Crippen LogP contribution in [0.15, 0.2) is 33.6 Å². The lowest BCUT2D eigenvalue weighted by Gasteiger charge is -2.37. The topological polar surface area (TPSA) is 57.7 Å². The van der Waals surface area contributed by atoms with E-state index >= 15 is 0 Å². The molecule has 0 saturated carbocycles. The summed E-state index contributed by atoms with van der Waals surface area (Å²) in [7, 11) is -2.84. The lowest BCUT2D eigenvalue weighted by molar-refractivity contribution is -0.132. The highest BCUT2D eigenvalue weighted by Gasteiger charge is 2.34. The van der Waals surface area contributed by atoms with Gasteiger partial charge in [-0.2, -0.15) is 0 Å². The van der Waals surface area contributed by atoms with Crippen molar-refractivity contribution in [2.24, 2.45) is 0 Å². The number of halogens is 1. The molecular formula is C17H23BrN2O3S2. The molecule has 25 heavy (non-hydrogen) atoms. The summed E-state index contributed by atoms with van der Waals surface area (Å²) in [5, 5.41) is 0. The Bertz CT molecular complexity index is 701. The molecule has 2 saturated heterocycles. The van der Waals surface area contributed by atoms with Crippen molar-refractivity contribution >= 4 is 43.4 Å². The smallest absolute Gasteiger partial charge is 0.223 e. The van der Waals surface area contributed by atoms with Crippen LogP contribution in [0.5, 0.6) is 0 Å². The van der Waals surface area contributed by atoms with Crippen LogP contribution < -0.4 is 0 Å². The molecule has 0 bridgehead atoms. The van der Waals surface area contributed by atoms with E-state index < -0.39 is 9.84 Å². The van der Waals surface area contributed by atoms with Gasteiger partial charge in [0.1, 0.15) is 0 Å². The van der Waals surface area contributed by atoms with Gasteiger partial charge in [-0.3, -0.25) is 9.69 Å². The largest absolute Gasteiger partial charge is 0.340 e. The fourth-order valence-corrected chi connectivity index (χ4v) is 6.21. The summed E-state index contributed by atoms with van der Waals surface area (Å²) in [6.45, 7) is 2.98. The second-order valence-corrected chi connectivity index (χ2v) is 10.8. The van der Waals surface area contributed by atoms with Crippen LogP contribution in [0.3, 0.4) is 0 Å². The maximum atomic E-state index is 12.4. The van der Waals surface area contributed by atoms with Crippen LogP contribution in [0, 0.1) is 0 Å². The van der Waals surface area contributed by atoms with Crippen LogP contribution in [-0.2, 0) is 14.6 Å². The SMILES string of the molecule is O=C(CCSc1ccc(Br)cc1)N1CCN(C2CCS(=O)(=O)C2)CC1. The number of hydrogen-bond donors (Lipinski definition) is 0. The van der Waals surface area contributed by atoms with Crippen LogP contribution in [0.4, 0.5) is 0 Å². The fraction of sp³-hybridized carbons (Fsp3) is 0.588. The molecule has 2 aliphatic rings. The van der Waals surface area contributed by atoms with Gasteiger partial charge in [-0.05, 0) is 30.7 Å². The van der Waals surface area contributed by atoms with Crippen LogP contribution in [-0.4, -0.2) is 73.6 Å². The minimum absolute atomic E-state index is 0.148. The van der Waals surface area contributed by atoms with Gasteiger partial charge in [-0.15, -0.1) is 11.8 Å². The van der Waals surface area contributed by atoms with Gasteiger partial charge in [0.15, 0.2) is 9.84 Å². The van der Waals surface area contributed by atoms with Crippen molar-refractivity contribution in [1.82, 2.24) is 9.80 Å². The molecule has 1 amide bonds. The Morgan fingerprint density at radius 2 is 1.84 bits per heavy atom. The van der Waals surface area contributed by atoms with E-state index in [1.54, 1.807) is 11.8 Å². The average molecular weight is 447 g/mol. The maximum Gasteiger partial charge on any atom is 0.223 e. The minimum Gasteiger partial charge on any atom is -0.340 e. The Kier molecular flexibility index (Phi) is 6.46. The quantitative estimate of drug-likeness (QED) is 0.649. The van der Waals surface area contributed by atoms with E-state index in [2.05, 4.69) is 20.8 Å². The summed E-state index contributed by atoms with van der Waals surface area (Å²) in [6.07, 6.45) is 1.28. The molecule has 1 atom stereocenters. The molecule has 2 fully saturated rings. The van der Waals surface area contributed by atoms with E-state index in [0.29, 0.717) is 25.3 Å². The molecule has 1 aromatic carbocycles. The number of sulfone groups is 1. The number of nitrogens with zero attached hydrogens (tertiary/aromatic N) is 2. The van der Waals surface area contributed by atoms with Gasteiger partial charge in [0.25, 0.3) is 0 Å². The average Bonchev–Trinajstić information content (AvgIpc) is 2.97. The first-order valence-electron chi connectivity index (χ1n) is 8.53. The summed E-state index contributed by atoms with van der Waals surface area (Å²) in [6, 6.07) is 8.26. The molecule has 5 nitrogen and oxygen atoms in total. The number of carbonyl (C=O) groups excluding carboxylic acids is 1. The van der Waals surface area contributed by atoms with E-state index in [4.69, 9.17) is 0 Å². The third kappa shape index (κ3) is 5.45. The summed E-state index contributed by atoms with van der Waals surface area (Å²) in [5.41, 5.74) is 0. The van der Waals surface area contributed by atoms with Crippen LogP contribution >= 0.6 is 27.7 Å². The summed E-state index contributed by atoms with van der Waals surface area (Å²) >= 11 is 5.11. The zero-order valence-electron chi connectivity index (χ0n) is 14.1. The second kappa shape index (κ2) is 8.41. The van der Waals surface area contributed by atoms with E-state index in [9.17, 15) is 13.2 Å². The summed E-state index contributed by atoms with van der Waals surface area (Å²) in [5.74, 6) is 1.57. The van der Waals surface area contributed by atoms with Crippen LogP contribution in [0.25, 0.3) is 0 Å². The van der Waals surface area contributed by atoms with Crippen LogP contribution in [0.1, 0.15) is 12.8 Å². The number of rotatable bonds is 5. The Morgan fingerprint density at radius 1 is 1.16 bits per heavy atom. The minimum atomic E-state index is -2.84. The van der Waals surface area contributed by atoms with Crippen molar-refractivity contribution in [3.8, 4) is 0 Å². The molecule has 0 radical (unpaired) electrons. The number of hydrogen-bond acceptors (Lipinski definition) is 5. The normalized spacial score (nSPS) is 23.7. The number of amides is 1. The maximum absolute atomic E-state index is 12.4. The molecule has 138 valence electrons. The van der Waals surface area contributed by atoms with Crippen molar-refractivity contribution in [2.45, 2.75) is 23.8 Å². The summed E-state index contributed by atoms with van der Waals surface area (Å²) < 4.78 is 24.3. The zero-order valence-corrected chi connectivity index (χ0v) is 17.3. The van der Waals surface area contributed by atoms with Gasteiger partial charge in [0.05, 0.1) is 11.5 Å². The van der Waals surface area contributed by atoms with Gasteiger partial charge in [-0.25, -0.2) is 8.42 Å². The predicted molar refractivity (Wildman–Crippen MR) is 105 cm³/mol. The molecule has 0 N–H and O–H groups in total. The monoisotopic (exact) mass is 446 g/mol. The number of thioether (sulfide) groups is 1. The van der Waals surface area contributed by atoms with Crippen molar-refractivity contribution in [2.75, 3.05) is 43.4 Å². The molecule has 2 heterocycles. The van der Waals surface area contributed by atoms with E-state index in [1.807, 2.05) is 29.2 Å². The fourth-order valence-electron chi connectivity index (χ4n) is 3.34. The number of carbonyl (C=O) groups is 1. The Balaban J connectivity index is 1.39. The van der Waals surface area contributed by atoms with Gasteiger partial charge in [0, 0.05) is 53.8 Å². The molecule has 1 aromatic rings. The first-order chi connectivity index (χ1) is 11.9. The summed E-state index contributed by atoms with van der Waals surface area (Å²) in [4.78, 5) is 17.7. The first-order valence-corrected chi connectivity index (χ1v) is 12.1. The zero-order chi connectivity index (χ0) is 17.9. The standard InChI is InChI=1S/C17H23BrN2O3S2/c18-14-1-3-16(4-2-14)24-11-5-17(21)20-9-7-19(8-10-20)15-6-12-25(22,23)13-15/h1-4,15H,5-13H2. The highest BCUT2D eigenvalue weighted by Crippen LogP contribution is 2.22. The molecule has 8 heteroatoms. The Labute approximate surface area is 162 Å². The number of benzene rings is 1. The molecule has 1 unspecified atom stereocenters. The van der Waals surface area contributed by atoms with Gasteiger partial charge in [-0.1, -0.05) is 15.9 Å². The molecule has 0 aliphatic carbocycles. The lowest BCUT2D eigenvalue weighted by atomic mass is 10.2. The van der Waals surface area contributed by atoms with Crippen molar-refractivity contribution in [1.29, 1.82) is 0 Å². The predicted octanol–water partition coefficient (Wildman–Crippen LogP) is 2.26. The van der Waals surface area contributed by atoms with Crippen molar-refractivity contribution in [3.63, 3.8) is 0 Å². The molecular weight excluding hydrogens is 424 g/mol. The molecule has 0 aromatic heterocycles. The third-order valence-electron chi connectivity index (χ3n) is 4.79. The van der Waals surface area contributed by atoms with E-state index in [-0.39, 0.29) is 17.7 Å². The van der Waals surface area contributed by atoms with Gasteiger partial charge in [0.2, 0.25) is 5.91 Å². The molecule has 2 aliphatic heterocycles. The highest BCUT2D eigenvalue weighted by molar-refractivity contribution is 9.10. The molecule has 0 spiro atoms. The van der Waals surface area contributed by atoms with Gasteiger partial charge < -0.3 is 4.90 Å². The van der Waals surface area contributed by atoms with E-state index in [1.165, 1.54) is 4.90 Å². The first kappa shape index (κ1) is 19.2. The second-order valence-electron chi connectivity index (χ2n) is 6.53. The lowest BCUT2D eigenvalue weighted by Crippen LogP contribution is -2.52. The van der Waals surface area contributed by atoms with Crippen LogP contribution in [0.2, 0.25) is 0 Å². The van der Waals surface area contributed by atoms with Crippen molar-refractivity contribution in [3.05, 3.63) is 28.7 Å². The van der Waals surface area contributed by atoms with Crippen molar-refractivity contribution < 1.29 is 13.2 Å².